The zero-order chi connectivity index (χ0) is 24.6. The summed E-state index contributed by atoms with van der Waals surface area (Å²) in [4.78, 5) is 0. The molecule has 0 aliphatic rings. The molecule has 0 N–H and O–H groups in total. The molecule has 0 bridgehead atoms. The summed E-state index contributed by atoms with van der Waals surface area (Å²) < 4.78 is 17.2. The number of hydrogen-bond donors (Lipinski definition) is 0. The van der Waals surface area contributed by atoms with Gasteiger partial charge in [-0.2, -0.15) is 0 Å². The Hall–Kier alpha value is -2.79. The van der Waals surface area contributed by atoms with Crippen LogP contribution >= 0.6 is 0 Å². The van der Waals surface area contributed by atoms with Gasteiger partial charge < -0.3 is 26.5 Å². The van der Waals surface area contributed by atoms with Gasteiger partial charge in [0.15, 0.2) is 0 Å². The molecule has 0 saturated carbocycles. The maximum Gasteiger partial charge on any atom is 0.244 e. The summed E-state index contributed by atoms with van der Waals surface area (Å²) >= 11 is 0. The Bertz CT molecular complexity index is 1220. The first-order chi connectivity index (χ1) is 17.0. The number of ether oxygens (including phenoxy) is 2. The van der Waals surface area contributed by atoms with Gasteiger partial charge in [0, 0.05) is 16.3 Å². The van der Waals surface area contributed by atoms with Gasteiger partial charge in [-0.1, -0.05) is 82.3 Å². The van der Waals surface area contributed by atoms with Crippen LogP contribution in [0.15, 0.2) is 79.4 Å². The van der Waals surface area contributed by atoms with Crippen molar-refractivity contribution in [3.8, 4) is 11.5 Å². The second-order valence-electron chi connectivity index (χ2n) is 10.2. The van der Waals surface area contributed by atoms with Crippen molar-refractivity contribution in [3.05, 3.63) is 90.5 Å². The summed E-state index contributed by atoms with van der Waals surface area (Å²) in [5.41, 5.74) is 2.44. The SMILES string of the molecule is CC(C)CCOc1cc(Cn2cc[n+](Cc3ccccc3)c2)c(OCCC(C)C)c2ccccc12.[Br-]. The Morgan fingerprint density at radius 3 is 2.14 bits per heavy atom. The molecule has 0 amide bonds. The van der Waals surface area contributed by atoms with Crippen LogP contribution in [0.5, 0.6) is 11.5 Å². The van der Waals surface area contributed by atoms with Crippen molar-refractivity contribution in [3.63, 3.8) is 0 Å². The van der Waals surface area contributed by atoms with E-state index in [0.29, 0.717) is 18.4 Å². The Morgan fingerprint density at radius 2 is 1.44 bits per heavy atom. The first-order valence-corrected chi connectivity index (χ1v) is 12.9. The highest BCUT2D eigenvalue weighted by atomic mass is 79.9. The van der Waals surface area contributed by atoms with Crippen LogP contribution in [0.3, 0.4) is 0 Å². The highest BCUT2D eigenvalue weighted by Gasteiger charge is 2.17. The van der Waals surface area contributed by atoms with Crippen molar-refractivity contribution in [1.29, 1.82) is 0 Å². The number of imidazole rings is 1. The topological polar surface area (TPSA) is 27.3 Å². The summed E-state index contributed by atoms with van der Waals surface area (Å²) in [6, 6.07) is 21.2. The highest BCUT2D eigenvalue weighted by molar-refractivity contribution is 5.94. The fourth-order valence-electron chi connectivity index (χ4n) is 4.20. The lowest BCUT2D eigenvalue weighted by Gasteiger charge is -2.18. The highest BCUT2D eigenvalue weighted by Crippen LogP contribution is 2.37. The lowest BCUT2D eigenvalue weighted by atomic mass is 10.0. The zero-order valence-corrected chi connectivity index (χ0v) is 23.6. The van der Waals surface area contributed by atoms with Crippen LogP contribution in [0.4, 0.5) is 0 Å². The largest absolute Gasteiger partial charge is 1.00 e. The molecule has 0 saturated heterocycles. The lowest BCUT2D eigenvalue weighted by Crippen LogP contribution is -3.00. The molecular weight excluding hydrogens is 512 g/mol. The van der Waals surface area contributed by atoms with E-state index in [4.69, 9.17) is 9.47 Å². The van der Waals surface area contributed by atoms with Crippen LogP contribution in [-0.4, -0.2) is 17.8 Å². The van der Waals surface area contributed by atoms with E-state index >= 15 is 0 Å². The van der Waals surface area contributed by atoms with Crippen LogP contribution in [0.2, 0.25) is 0 Å². The molecule has 192 valence electrons. The molecule has 4 nitrogen and oxygen atoms in total. The Labute approximate surface area is 226 Å². The average molecular weight is 552 g/mol. The minimum Gasteiger partial charge on any atom is -1.00 e. The van der Waals surface area contributed by atoms with E-state index < -0.39 is 0 Å². The summed E-state index contributed by atoms with van der Waals surface area (Å²) in [5.74, 6) is 3.13. The van der Waals surface area contributed by atoms with Gasteiger partial charge in [-0.3, -0.25) is 0 Å². The van der Waals surface area contributed by atoms with Crippen LogP contribution in [-0.2, 0) is 13.1 Å². The molecule has 1 aromatic heterocycles. The van der Waals surface area contributed by atoms with Crippen molar-refractivity contribution in [2.45, 2.75) is 53.6 Å². The predicted octanol–water partition coefficient (Wildman–Crippen LogP) is 3.88. The third-order valence-electron chi connectivity index (χ3n) is 6.24. The van der Waals surface area contributed by atoms with E-state index in [-0.39, 0.29) is 17.0 Å². The van der Waals surface area contributed by atoms with Crippen LogP contribution < -0.4 is 31.0 Å². The zero-order valence-electron chi connectivity index (χ0n) is 22.0. The molecule has 4 aromatic rings. The van der Waals surface area contributed by atoms with Gasteiger partial charge in [-0.15, -0.1) is 0 Å². The molecule has 0 aliphatic carbocycles. The molecule has 0 fully saturated rings. The molecule has 36 heavy (non-hydrogen) atoms. The quantitative estimate of drug-likeness (QED) is 0.250. The average Bonchev–Trinajstić information content (AvgIpc) is 3.27. The summed E-state index contributed by atoms with van der Waals surface area (Å²) in [5, 5.41) is 2.24. The Kier molecular flexibility index (Phi) is 10.4. The Morgan fingerprint density at radius 1 is 0.806 bits per heavy atom. The van der Waals surface area contributed by atoms with Crippen molar-refractivity contribution >= 4 is 10.8 Å². The number of fused-ring (bicyclic) bond motifs is 1. The molecule has 5 heteroatoms. The van der Waals surface area contributed by atoms with Gasteiger partial charge in [-0.25, -0.2) is 9.13 Å². The fourth-order valence-corrected chi connectivity index (χ4v) is 4.20. The molecule has 0 atom stereocenters. The van der Waals surface area contributed by atoms with Crippen LogP contribution in [0, 0.1) is 11.8 Å². The van der Waals surface area contributed by atoms with Crippen molar-refractivity contribution in [2.75, 3.05) is 13.2 Å². The minimum atomic E-state index is 0. The third-order valence-corrected chi connectivity index (χ3v) is 6.24. The number of benzene rings is 3. The molecule has 1 heterocycles. The molecular formula is C31H39BrN2O2. The number of aromatic nitrogens is 2. The summed E-state index contributed by atoms with van der Waals surface area (Å²) in [7, 11) is 0. The lowest BCUT2D eigenvalue weighted by molar-refractivity contribution is -0.687. The van der Waals surface area contributed by atoms with Gasteiger partial charge in [0.2, 0.25) is 6.33 Å². The first-order valence-electron chi connectivity index (χ1n) is 12.9. The maximum absolute atomic E-state index is 6.46. The van der Waals surface area contributed by atoms with Crippen molar-refractivity contribution in [2.24, 2.45) is 11.8 Å². The van der Waals surface area contributed by atoms with Gasteiger partial charge in [0.1, 0.15) is 37.0 Å². The second-order valence-corrected chi connectivity index (χ2v) is 10.2. The van der Waals surface area contributed by atoms with E-state index in [1.807, 2.05) is 0 Å². The van der Waals surface area contributed by atoms with E-state index in [0.717, 1.165) is 60.4 Å². The second kappa shape index (κ2) is 13.5. The van der Waals surface area contributed by atoms with Crippen LogP contribution in [0.25, 0.3) is 10.8 Å². The molecule has 3 aromatic carbocycles. The number of rotatable bonds is 12. The van der Waals surface area contributed by atoms with Crippen LogP contribution in [0.1, 0.15) is 51.7 Å². The summed E-state index contributed by atoms with van der Waals surface area (Å²) in [6.45, 7) is 11.9. The molecule has 0 unspecified atom stereocenters. The van der Waals surface area contributed by atoms with Gasteiger partial charge in [0.25, 0.3) is 0 Å². The normalized spacial score (nSPS) is 11.2. The third kappa shape index (κ3) is 7.60. The van der Waals surface area contributed by atoms with Crippen molar-refractivity contribution < 1.29 is 31.0 Å². The number of halogens is 1. The van der Waals surface area contributed by atoms with Gasteiger partial charge >= 0.3 is 0 Å². The standard InChI is InChI=1S/C31H39N2O2.BrH/c1-24(2)14-18-34-30-20-27(22-33-17-16-32(23-33)21-26-10-6-5-7-11-26)31(35-19-15-25(3)4)29-13-9-8-12-28(29)30;/h5-13,16-17,20,23-25H,14-15,18-19,21-22H2,1-4H3;1H/q+1;/p-1. The fraction of sp³-hybridized carbons (Fsp3) is 0.387. The minimum absolute atomic E-state index is 0. The molecule has 0 radical (unpaired) electrons. The van der Waals surface area contributed by atoms with E-state index in [2.05, 4.69) is 116 Å². The Balaban J connectivity index is 0.00000361. The van der Waals surface area contributed by atoms with Gasteiger partial charge in [0.05, 0.1) is 13.2 Å². The maximum atomic E-state index is 6.46. The molecule has 4 rings (SSSR count). The summed E-state index contributed by atoms with van der Waals surface area (Å²) in [6.07, 6.45) is 8.50. The number of hydrogen-bond acceptors (Lipinski definition) is 2. The van der Waals surface area contributed by atoms with Gasteiger partial charge in [-0.05, 0) is 36.3 Å². The van der Waals surface area contributed by atoms with E-state index in [1.54, 1.807) is 0 Å². The van der Waals surface area contributed by atoms with Crippen molar-refractivity contribution in [1.82, 2.24) is 4.57 Å². The van der Waals surface area contributed by atoms with E-state index in [9.17, 15) is 0 Å². The molecule has 0 spiro atoms. The van der Waals surface area contributed by atoms with E-state index in [1.165, 1.54) is 5.56 Å². The predicted molar refractivity (Wildman–Crippen MR) is 143 cm³/mol. The number of nitrogens with zero attached hydrogens (tertiary/aromatic N) is 2. The monoisotopic (exact) mass is 550 g/mol. The molecule has 0 aliphatic heterocycles. The smallest absolute Gasteiger partial charge is 0.244 e. The first kappa shape index (κ1) is 27.8.